The van der Waals surface area contributed by atoms with E-state index < -0.39 is 0 Å². The molecule has 1 amide bonds. The van der Waals surface area contributed by atoms with Crippen LogP contribution in [0.1, 0.15) is 43.6 Å². The standard InChI is InChI=1S/C18H22N6O3/c1-11(12-6-7-13-14(9-12)21-17(26)20-13)19-16(25)10-24-18(27)23-8-4-2-3-5-15(23)22-24/h6-7,9,11H,2-5,8,10H2,1H3,(H,19,25)(H2,20,21,26). The van der Waals surface area contributed by atoms with E-state index in [-0.39, 0.29) is 29.9 Å². The number of nitrogens with one attached hydrogen (secondary N) is 3. The number of amides is 1. The lowest BCUT2D eigenvalue weighted by Crippen LogP contribution is -2.35. The molecule has 2 aromatic heterocycles. The molecule has 1 atom stereocenters. The van der Waals surface area contributed by atoms with Gasteiger partial charge in [-0.2, -0.15) is 5.10 Å². The van der Waals surface area contributed by atoms with Crippen molar-refractivity contribution in [2.24, 2.45) is 0 Å². The summed E-state index contributed by atoms with van der Waals surface area (Å²) in [6.07, 6.45) is 3.85. The summed E-state index contributed by atoms with van der Waals surface area (Å²) < 4.78 is 2.93. The minimum atomic E-state index is -0.277. The average Bonchev–Trinajstić information content (AvgIpc) is 3.03. The SMILES string of the molecule is CC(NC(=O)Cn1nc2n(c1=O)CCCCC2)c1ccc2[nH]c(=O)[nH]c2c1. The molecule has 27 heavy (non-hydrogen) atoms. The second-order valence-corrected chi connectivity index (χ2v) is 6.99. The van der Waals surface area contributed by atoms with Gasteiger partial charge in [0.2, 0.25) is 5.91 Å². The number of aromatic amines is 2. The first kappa shape index (κ1) is 17.3. The van der Waals surface area contributed by atoms with Crippen LogP contribution < -0.4 is 16.7 Å². The third-order valence-corrected chi connectivity index (χ3v) is 4.99. The van der Waals surface area contributed by atoms with E-state index in [1.807, 2.05) is 19.1 Å². The largest absolute Gasteiger partial charge is 0.348 e. The fraction of sp³-hybridized carbons (Fsp3) is 0.444. The van der Waals surface area contributed by atoms with E-state index in [2.05, 4.69) is 20.4 Å². The number of carbonyl (C=O) groups is 1. The van der Waals surface area contributed by atoms with E-state index in [1.165, 1.54) is 4.68 Å². The smallest absolute Gasteiger partial charge is 0.346 e. The summed E-state index contributed by atoms with van der Waals surface area (Å²) in [4.78, 5) is 41.6. The molecule has 0 saturated heterocycles. The molecule has 4 rings (SSSR count). The van der Waals surface area contributed by atoms with Crippen LogP contribution in [0.4, 0.5) is 0 Å². The minimum Gasteiger partial charge on any atom is -0.348 e. The molecule has 0 bridgehead atoms. The van der Waals surface area contributed by atoms with Crippen LogP contribution in [0.3, 0.4) is 0 Å². The molecule has 0 spiro atoms. The molecule has 1 aliphatic rings. The zero-order valence-electron chi connectivity index (χ0n) is 15.1. The van der Waals surface area contributed by atoms with Gasteiger partial charge >= 0.3 is 11.4 Å². The van der Waals surface area contributed by atoms with Gasteiger partial charge in [-0.25, -0.2) is 14.3 Å². The zero-order chi connectivity index (χ0) is 19.0. The van der Waals surface area contributed by atoms with Gasteiger partial charge in [0.15, 0.2) is 0 Å². The maximum Gasteiger partial charge on any atom is 0.346 e. The van der Waals surface area contributed by atoms with Crippen molar-refractivity contribution in [3.8, 4) is 0 Å². The van der Waals surface area contributed by atoms with E-state index in [1.54, 1.807) is 10.6 Å². The summed E-state index contributed by atoms with van der Waals surface area (Å²) in [5.41, 5.74) is 1.78. The molecule has 0 radical (unpaired) electrons. The highest BCUT2D eigenvalue weighted by molar-refractivity contribution is 5.77. The number of aryl methyl sites for hydroxylation is 1. The van der Waals surface area contributed by atoms with Crippen LogP contribution in [-0.4, -0.2) is 30.2 Å². The number of hydrogen-bond donors (Lipinski definition) is 3. The molecule has 1 aromatic carbocycles. The van der Waals surface area contributed by atoms with E-state index >= 15 is 0 Å². The Balaban J connectivity index is 1.47. The summed E-state index contributed by atoms with van der Waals surface area (Å²) in [6.45, 7) is 2.42. The molecule has 1 aliphatic heterocycles. The lowest BCUT2D eigenvalue weighted by Gasteiger charge is -2.14. The van der Waals surface area contributed by atoms with Crippen molar-refractivity contribution in [3.05, 3.63) is 50.6 Å². The van der Waals surface area contributed by atoms with Gasteiger partial charge < -0.3 is 15.3 Å². The number of H-pyrrole nitrogens is 2. The Bertz CT molecular complexity index is 1100. The maximum absolute atomic E-state index is 12.5. The fourth-order valence-corrected chi connectivity index (χ4v) is 3.55. The second-order valence-electron chi connectivity index (χ2n) is 6.99. The molecule has 1 unspecified atom stereocenters. The van der Waals surface area contributed by atoms with Crippen molar-refractivity contribution < 1.29 is 4.79 Å². The van der Waals surface area contributed by atoms with Gasteiger partial charge in [-0.3, -0.25) is 9.36 Å². The Hall–Kier alpha value is -3.10. The molecule has 142 valence electrons. The Morgan fingerprint density at radius 2 is 2.04 bits per heavy atom. The van der Waals surface area contributed by atoms with Crippen molar-refractivity contribution in [1.82, 2.24) is 29.6 Å². The second kappa shape index (κ2) is 6.90. The monoisotopic (exact) mass is 370 g/mol. The third-order valence-electron chi connectivity index (χ3n) is 4.99. The van der Waals surface area contributed by atoms with Crippen LogP contribution in [0.25, 0.3) is 11.0 Å². The zero-order valence-corrected chi connectivity index (χ0v) is 15.1. The van der Waals surface area contributed by atoms with E-state index in [0.29, 0.717) is 17.6 Å². The number of hydrogen-bond acceptors (Lipinski definition) is 4. The van der Waals surface area contributed by atoms with Crippen molar-refractivity contribution in [3.63, 3.8) is 0 Å². The molecule has 3 heterocycles. The Morgan fingerprint density at radius 1 is 1.22 bits per heavy atom. The molecular weight excluding hydrogens is 348 g/mol. The minimum absolute atomic E-state index is 0.105. The van der Waals surface area contributed by atoms with Crippen LogP contribution in [-0.2, 0) is 24.3 Å². The van der Waals surface area contributed by atoms with Gasteiger partial charge in [0.05, 0.1) is 17.1 Å². The molecule has 9 nitrogen and oxygen atoms in total. The maximum atomic E-state index is 12.5. The van der Waals surface area contributed by atoms with Gasteiger partial charge in [-0.1, -0.05) is 12.5 Å². The molecule has 0 aliphatic carbocycles. The van der Waals surface area contributed by atoms with E-state index in [0.717, 1.165) is 37.1 Å². The molecule has 0 saturated carbocycles. The number of carbonyl (C=O) groups excluding carboxylic acids is 1. The van der Waals surface area contributed by atoms with Gasteiger partial charge in [0.1, 0.15) is 12.4 Å². The van der Waals surface area contributed by atoms with Crippen LogP contribution >= 0.6 is 0 Å². The highest BCUT2D eigenvalue weighted by Gasteiger charge is 2.18. The summed E-state index contributed by atoms with van der Waals surface area (Å²) in [5.74, 6) is 0.487. The lowest BCUT2D eigenvalue weighted by atomic mass is 10.1. The molecule has 3 N–H and O–H groups in total. The Morgan fingerprint density at radius 3 is 2.89 bits per heavy atom. The van der Waals surface area contributed by atoms with Crippen molar-refractivity contribution in [1.29, 1.82) is 0 Å². The predicted octanol–water partition coefficient (Wildman–Crippen LogP) is 0.818. The van der Waals surface area contributed by atoms with Gasteiger partial charge in [-0.15, -0.1) is 0 Å². The van der Waals surface area contributed by atoms with E-state index in [9.17, 15) is 14.4 Å². The van der Waals surface area contributed by atoms with Crippen LogP contribution in [0, 0.1) is 0 Å². The van der Waals surface area contributed by atoms with Crippen molar-refractivity contribution >= 4 is 16.9 Å². The summed E-state index contributed by atoms with van der Waals surface area (Å²) in [6, 6.07) is 5.20. The highest BCUT2D eigenvalue weighted by Crippen LogP contribution is 2.17. The highest BCUT2D eigenvalue weighted by atomic mass is 16.2. The summed E-state index contributed by atoms with van der Waals surface area (Å²) in [7, 11) is 0. The molecule has 9 heteroatoms. The lowest BCUT2D eigenvalue weighted by molar-refractivity contribution is -0.122. The van der Waals surface area contributed by atoms with Gasteiger partial charge in [0.25, 0.3) is 0 Å². The number of aromatic nitrogens is 5. The normalized spacial score (nSPS) is 15.3. The Labute approximate surface area is 154 Å². The number of fused-ring (bicyclic) bond motifs is 2. The number of nitrogens with zero attached hydrogens (tertiary/aromatic N) is 3. The average molecular weight is 370 g/mol. The summed E-state index contributed by atoms with van der Waals surface area (Å²) in [5, 5.41) is 7.22. The quantitative estimate of drug-likeness (QED) is 0.630. The first-order valence-corrected chi connectivity index (χ1v) is 9.19. The fourth-order valence-electron chi connectivity index (χ4n) is 3.55. The molecule has 3 aromatic rings. The van der Waals surface area contributed by atoms with Gasteiger partial charge in [0, 0.05) is 13.0 Å². The third kappa shape index (κ3) is 3.44. The summed E-state index contributed by atoms with van der Waals surface area (Å²) >= 11 is 0. The van der Waals surface area contributed by atoms with Crippen molar-refractivity contribution in [2.45, 2.75) is 51.7 Å². The van der Waals surface area contributed by atoms with E-state index in [4.69, 9.17) is 0 Å². The molecular formula is C18H22N6O3. The Kier molecular flexibility index (Phi) is 4.43. The predicted molar refractivity (Wildman–Crippen MR) is 99.5 cm³/mol. The first-order chi connectivity index (χ1) is 13.0. The first-order valence-electron chi connectivity index (χ1n) is 9.19. The van der Waals surface area contributed by atoms with Gasteiger partial charge in [-0.05, 0) is 37.5 Å². The van der Waals surface area contributed by atoms with Crippen LogP contribution in [0.2, 0.25) is 0 Å². The van der Waals surface area contributed by atoms with Crippen LogP contribution in [0.5, 0.6) is 0 Å². The number of rotatable bonds is 4. The van der Waals surface area contributed by atoms with Crippen LogP contribution in [0.15, 0.2) is 27.8 Å². The van der Waals surface area contributed by atoms with Crippen molar-refractivity contribution in [2.75, 3.05) is 0 Å². The molecule has 0 fully saturated rings. The number of benzene rings is 1. The topological polar surface area (TPSA) is 118 Å². The number of imidazole rings is 1.